The fourth-order valence-corrected chi connectivity index (χ4v) is 2.96. The Labute approximate surface area is 140 Å². The second-order valence-electron chi connectivity index (χ2n) is 6.03. The van der Waals surface area contributed by atoms with Crippen LogP contribution in [0.4, 0.5) is 5.69 Å². The first-order valence-electron chi connectivity index (χ1n) is 7.63. The number of ether oxygens (including phenoxy) is 1. The van der Waals surface area contributed by atoms with Crippen molar-refractivity contribution in [3.8, 4) is 5.75 Å². The highest BCUT2D eigenvalue weighted by molar-refractivity contribution is 6.31. The number of nitro benzene ring substituents is 1. The maximum Gasteiger partial charge on any atom is 0.276 e. The van der Waals surface area contributed by atoms with Crippen molar-refractivity contribution in [3.05, 3.63) is 67.7 Å². The van der Waals surface area contributed by atoms with Crippen molar-refractivity contribution in [2.45, 2.75) is 39.2 Å². The van der Waals surface area contributed by atoms with Gasteiger partial charge in [-0.2, -0.15) is 0 Å². The number of aryl methyl sites for hydroxylation is 2. The smallest absolute Gasteiger partial charge is 0.276 e. The molecular weight excluding hydrogens is 314 g/mol. The van der Waals surface area contributed by atoms with Crippen LogP contribution in [0.25, 0.3) is 0 Å². The lowest BCUT2D eigenvalue weighted by molar-refractivity contribution is -0.385. The molecule has 0 radical (unpaired) electrons. The summed E-state index contributed by atoms with van der Waals surface area (Å²) < 4.78 is 5.88. The molecule has 1 aliphatic rings. The molecule has 1 fully saturated rings. The van der Waals surface area contributed by atoms with Gasteiger partial charge in [0, 0.05) is 11.1 Å². The van der Waals surface area contributed by atoms with Gasteiger partial charge in [0.15, 0.2) is 0 Å². The van der Waals surface area contributed by atoms with Crippen LogP contribution < -0.4 is 4.74 Å². The zero-order chi connectivity index (χ0) is 16.6. The number of halogens is 1. The second kappa shape index (κ2) is 6.20. The summed E-state index contributed by atoms with van der Waals surface area (Å²) in [5, 5.41) is 12.0. The molecule has 5 heteroatoms. The van der Waals surface area contributed by atoms with Gasteiger partial charge in [-0.3, -0.25) is 10.1 Å². The van der Waals surface area contributed by atoms with Crippen molar-refractivity contribution in [2.24, 2.45) is 0 Å². The Kier molecular flexibility index (Phi) is 4.26. The van der Waals surface area contributed by atoms with Crippen molar-refractivity contribution in [1.82, 2.24) is 0 Å². The van der Waals surface area contributed by atoms with Crippen molar-refractivity contribution in [3.63, 3.8) is 0 Å². The highest BCUT2D eigenvalue weighted by atomic mass is 35.5. The van der Waals surface area contributed by atoms with Crippen LogP contribution in [0.1, 0.15) is 41.0 Å². The summed E-state index contributed by atoms with van der Waals surface area (Å²) in [6, 6.07) is 9.00. The molecule has 1 saturated carbocycles. The third-order valence-corrected chi connectivity index (χ3v) is 4.64. The van der Waals surface area contributed by atoms with Gasteiger partial charge >= 0.3 is 0 Å². The first kappa shape index (κ1) is 15.8. The number of nitro groups is 1. The molecule has 0 amide bonds. The van der Waals surface area contributed by atoms with Crippen LogP contribution in [0.15, 0.2) is 30.3 Å². The molecule has 0 unspecified atom stereocenters. The van der Waals surface area contributed by atoms with Crippen LogP contribution in [-0.2, 0) is 6.61 Å². The van der Waals surface area contributed by atoms with Gasteiger partial charge in [-0.25, -0.2) is 0 Å². The molecule has 120 valence electrons. The van der Waals surface area contributed by atoms with Crippen LogP contribution in [0.2, 0.25) is 5.02 Å². The molecule has 0 atom stereocenters. The Balaban J connectivity index is 1.91. The number of benzene rings is 2. The van der Waals surface area contributed by atoms with E-state index in [0.29, 0.717) is 22.3 Å². The van der Waals surface area contributed by atoms with E-state index in [9.17, 15) is 10.1 Å². The Morgan fingerprint density at radius 1 is 1.26 bits per heavy atom. The number of hydrogen-bond donors (Lipinski definition) is 0. The van der Waals surface area contributed by atoms with E-state index < -0.39 is 0 Å². The first-order chi connectivity index (χ1) is 11.0. The van der Waals surface area contributed by atoms with Crippen LogP contribution in [0.5, 0.6) is 5.75 Å². The summed E-state index contributed by atoms with van der Waals surface area (Å²) in [5.41, 5.74) is 3.80. The molecule has 3 rings (SSSR count). The van der Waals surface area contributed by atoms with Gasteiger partial charge in [0.05, 0.1) is 10.5 Å². The maximum atomic E-state index is 11.3. The standard InChI is InChI=1S/C18H18ClNO3/c1-11-8-12(2)18(9-16(11)19)23-10-15-14(13-6-7-13)4-3-5-17(15)20(21)22/h3-5,8-9,13H,6-7,10H2,1-2H3. The molecule has 0 bridgehead atoms. The molecule has 23 heavy (non-hydrogen) atoms. The number of hydrogen-bond acceptors (Lipinski definition) is 3. The van der Waals surface area contributed by atoms with Gasteiger partial charge < -0.3 is 4.74 Å². The zero-order valence-corrected chi connectivity index (χ0v) is 13.9. The summed E-state index contributed by atoms with van der Waals surface area (Å²) in [6.45, 7) is 4.06. The van der Waals surface area contributed by atoms with E-state index in [0.717, 1.165) is 29.5 Å². The minimum Gasteiger partial charge on any atom is -0.488 e. The van der Waals surface area contributed by atoms with E-state index in [-0.39, 0.29) is 17.2 Å². The summed E-state index contributed by atoms with van der Waals surface area (Å²) >= 11 is 6.15. The van der Waals surface area contributed by atoms with E-state index in [1.165, 1.54) is 0 Å². The van der Waals surface area contributed by atoms with Crippen LogP contribution >= 0.6 is 11.6 Å². The molecule has 2 aromatic carbocycles. The van der Waals surface area contributed by atoms with E-state index in [1.54, 1.807) is 18.2 Å². The lowest BCUT2D eigenvalue weighted by Gasteiger charge is -2.14. The predicted molar refractivity (Wildman–Crippen MR) is 90.3 cm³/mol. The van der Waals surface area contributed by atoms with E-state index >= 15 is 0 Å². The predicted octanol–water partition coefficient (Wildman–Crippen LogP) is 5.32. The quantitative estimate of drug-likeness (QED) is 0.550. The van der Waals surface area contributed by atoms with Gasteiger partial charge in [-0.1, -0.05) is 29.8 Å². The minimum absolute atomic E-state index is 0.130. The summed E-state index contributed by atoms with van der Waals surface area (Å²) in [5.74, 6) is 1.09. The minimum atomic E-state index is -0.334. The molecule has 1 aliphatic carbocycles. The average molecular weight is 332 g/mol. The van der Waals surface area contributed by atoms with Crippen molar-refractivity contribution < 1.29 is 9.66 Å². The zero-order valence-electron chi connectivity index (χ0n) is 13.1. The Hall–Kier alpha value is -2.07. The van der Waals surface area contributed by atoms with E-state index in [4.69, 9.17) is 16.3 Å². The molecule has 0 aliphatic heterocycles. The van der Waals surface area contributed by atoms with Gasteiger partial charge in [0.1, 0.15) is 12.4 Å². The Morgan fingerprint density at radius 3 is 2.65 bits per heavy atom. The number of nitrogens with zero attached hydrogens (tertiary/aromatic N) is 1. The molecule has 0 saturated heterocycles. The number of rotatable bonds is 5. The van der Waals surface area contributed by atoms with Gasteiger partial charge in [-0.15, -0.1) is 0 Å². The molecule has 0 heterocycles. The maximum absolute atomic E-state index is 11.3. The fourth-order valence-electron chi connectivity index (χ4n) is 2.81. The third-order valence-electron chi connectivity index (χ3n) is 4.23. The lowest BCUT2D eigenvalue weighted by Crippen LogP contribution is -2.05. The van der Waals surface area contributed by atoms with Crippen LogP contribution in [-0.4, -0.2) is 4.92 Å². The van der Waals surface area contributed by atoms with Gasteiger partial charge in [0.2, 0.25) is 0 Å². The highest BCUT2D eigenvalue weighted by Crippen LogP contribution is 2.44. The van der Waals surface area contributed by atoms with Crippen molar-refractivity contribution in [2.75, 3.05) is 0 Å². The Morgan fingerprint density at radius 2 is 2.00 bits per heavy atom. The molecule has 0 aromatic heterocycles. The third kappa shape index (κ3) is 3.32. The highest BCUT2D eigenvalue weighted by Gasteiger charge is 2.30. The SMILES string of the molecule is Cc1cc(C)c(OCc2c(C3CC3)cccc2[N+](=O)[O-])cc1Cl. The Bertz CT molecular complexity index is 769. The van der Waals surface area contributed by atoms with E-state index in [2.05, 4.69) is 0 Å². The van der Waals surface area contributed by atoms with Crippen LogP contribution in [0.3, 0.4) is 0 Å². The normalized spacial score (nSPS) is 13.9. The van der Waals surface area contributed by atoms with Crippen LogP contribution in [0, 0.1) is 24.0 Å². The van der Waals surface area contributed by atoms with Crippen molar-refractivity contribution >= 4 is 17.3 Å². The summed E-state index contributed by atoms with van der Waals surface area (Å²) in [7, 11) is 0. The van der Waals surface area contributed by atoms with E-state index in [1.807, 2.05) is 26.0 Å². The first-order valence-corrected chi connectivity index (χ1v) is 8.01. The monoisotopic (exact) mass is 331 g/mol. The second-order valence-corrected chi connectivity index (χ2v) is 6.44. The molecular formula is C18H18ClNO3. The summed E-state index contributed by atoms with van der Waals surface area (Å²) in [4.78, 5) is 11.0. The topological polar surface area (TPSA) is 52.4 Å². The molecule has 4 nitrogen and oxygen atoms in total. The van der Waals surface area contributed by atoms with Gasteiger partial charge in [0.25, 0.3) is 5.69 Å². The molecule has 0 spiro atoms. The average Bonchev–Trinajstić information content (AvgIpc) is 3.34. The molecule has 2 aromatic rings. The van der Waals surface area contributed by atoms with Crippen molar-refractivity contribution in [1.29, 1.82) is 0 Å². The fraction of sp³-hybridized carbons (Fsp3) is 0.333. The van der Waals surface area contributed by atoms with Gasteiger partial charge in [-0.05, 0) is 55.4 Å². The molecule has 0 N–H and O–H groups in total. The summed E-state index contributed by atoms with van der Waals surface area (Å²) in [6.07, 6.45) is 2.17. The lowest BCUT2D eigenvalue weighted by atomic mass is 10.0. The largest absolute Gasteiger partial charge is 0.488 e.